The van der Waals surface area contributed by atoms with Crippen LogP contribution in [0.1, 0.15) is 13.3 Å². The van der Waals surface area contributed by atoms with Crippen LogP contribution in [-0.2, 0) is 14.3 Å². The zero-order chi connectivity index (χ0) is 11.6. The van der Waals surface area contributed by atoms with Gasteiger partial charge in [-0.2, -0.15) is 0 Å². The molecule has 94 valence electrons. The summed E-state index contributed by atoms with van der Waals surface area (Å²) in [7, 11) is 0. The smallest absolute Gasteiger partial charge is 0.162 e. The number of carbonyl (C=O) groups is 1. The minimum absolute atomic E-state index is 0.182. The normalized spacial score (nSPS) is 25.4. The summed E-state index contributed by atoms with van der Waals surface area (Å²) in [6, 6.07) is 0. The molecule has 0 saturated carbocycles. The molecular weight excluding hydrogens is 208 g/mol. The lowest BCUT2D eigenvalue weighted by Gasteiger charge is -2.21. The first-order valence-electron chi connectivity index (χ1n) is 5.98. The zero-order valence-electron chi connectivity index (χ0n) is 9.96. The Kier molecular flexibility index (Phi) is 7.33. The summed E-state index contributed by atoms with van der Waals surface area (Å²) >= 11 is 0. The summed E-state index contributed by atoms with van der Waals surface area (Å²) in [6.07, 6.45) is 0.394. The topological polar surface area (TPSA) is 59.6 Å². The molecule has 2 N–H and O–H groups in total. The molecule has 2 heterocycles. The van der Waals surface area contributed by atoms with E-state index < -0.39 is 0 Å². The SMILES string of the molecule is C1COCCN1.CCC(=O)C1CNCCO1. The van der Waals surface area contributed by atoms with E-state index in [4.69, 9.17) is 9.47 Å². The largest absolute Gasteiger partial charge is 0.379 e. The van der Waals surface area contributed by atoms with Crippen molar-refractivity contribution in [1.29, 1.82) is 0 Å². The molecule has 5 nitrogen and oxygen atoms in total. The van der Waals surface area contributed by atoms with Crippen LogP contribution in [0.2, 0.25) is 0 Å². The van der Waals surface area contributed by atoms with Crippen molar-refractivity contribution in [2.75, 3.05) is 46.0 Å². The van der Waals surface area contributed by atoms with Gasteiger partial charge in [0.15, 0.2) is 5.78 Å². The van der Waals surface area contributed by atoms with Crippen molar-refractivity contribution in [2.24, 2.45) is 0 Å². The number of rotatable bonds is 2. The van der Waals surface area contributed by atoms with Gasteiger partial charge >= 0.3 is 0 Å². The van der Waals surface area contributed by atoms with E-state index in [1.807, 2.05) is 6.92 Å². The average molecular weight is 230 g/mol. The van der Waals surface area contributed by atoms with E-state index in [2.05, 4.69) is 10.6 Å². The number of morpholine rings is 2. The van der Waals surface area contributed by atoms with Crippen molar-refractivity contribution >= 4 is 5.78 Å². The lowest BCUT2D eigenvalue weighted by Crippen LogP contribution is -2.42. The molecular formula is C11H22N2O3. The quantitative estimate of drug-likeness (QED) is 0.673. The van der Waals surface area contributed by atoms with Crippen LogP contribution in [0.25, 0.3) is 0 Å². The lowest BCUT2D eigenvalue weighted by molar-refractivity contribution is -0.131. The maximum absolute atomic E-state index is 11.0. The molecule has 0 bridgehead atoms. The highest BCUT2D eigenvalue weighted by atomic mass is 16.5. The first-order chi connectivity index (χ1) is 7.84. The third-order valence-electron chi connectivity index (χ3n) is 2.48. The van der Waals surface area contributed by atoms with Crippen LogP contribution in [0.15, 0.2) is 0 Å². The van der Waals surface area contributed by atoms with E-state index >= 15 is 0 Å². The number of hydrogen-bond acceptors (Lipinski definition) is 5. The maximum Gasteiger partial charge on any atom is 0.162 e. The Morgan fingerprint density at radius 1 is 1.19 bits per heavy atom. The Balaban J connectivity index is 0.000000181. The molecule has 0 spiro atoms. The summed E-state index contributed by atoms with van der Waals surface area (Å²) < 4.78 is 10.2. The fourth-order valence-electron chi connectivity index (χ4n) is 1.52. The molecule has 0 radical (unpaired) electrons. The predicted molar refractivity (Wildman–Crippen MR) is 61.6 cm³/mol. The van der Waals surface area contributed by atoms with Gasteiger partial charge in [-0.05, 0) is 0 Å². The van der Waals surface area contributed by atoms with Crippen LogP contribution < -0.4 is 10.6 Å². The fourth-order valence-corrected chi connectivity index (χ4v) is 1.52. The Hall–Kier alpha value is -0.490. The van der Waals surface area contributed by atoms with Crippen LogP contribution in [0.4, 0.5) is 0 Å². The van der Waals surface area contributed by atoms with Gasteiger partial charge in [0.1, 0.15) is 6.10 Å². The molecule has 0 aromatic heterocycles. The monoisotopic (exact) mass is 230 g/mol. The predicted octanol–water partition coefficient (Wildman–Crippen LogP) is -0.440. The Morgan fingerprint density at radius 3 is 2.25 bits per heavy atom. The average Bonchev–Trinajstić information content (AvgIpc) is 2.41. The van der Waals surface area contributed by atoms with Crippen molar-refractivity contribution in [3.8, 4) is 0 Å². The molecule has 2 fully saturated rings. The third kappa shape index (κ3) is 5.55. The molecule has 2 rings (SSSR count). The van der Waals surface area contributed by atoms with Crippen LogP contribution in [0.5, 0.6) is 0 Å². The molecule has 2 saturated heterocycles. The van der Waals surface area contributed by atoms with Crippen molar-refractivity contribution < 1.29 is 14.3 Å². The second-order valence-electron chi connectivity index (χ2n) is 3.75. The first-order valence-corrected chi connectivity index (χ1v) is 5.98. The van der Waals surface area contributed by atoms with Gasteiger partial charge in [0.2, 0.25) is 0 Å². The first kappa shape index (κ1) is 13.6. The van der Waals surface area contributed by atoms with Gasteiger partial charge in [-0.1, -0.05) is 6.92 Å². The fraction of sp³-hybridized carbons (Fsp3) is 0.909. The Morgan fingerprint density at radius 2 is 1.88 bits per heavy atom. The molecule has 1 unspecified atom stereocenters. The molecule has 0 amide bonds. The van der Waals surface area contributed by atoms with Crippen LogP contribution in [0.3, 0.4) is 0 Å². The van der Waals surface area contributed by atoms with Crippen LogP contribution >= 0.6 is 0 Å². The number of ketones is 1. The molecule has 0 aliphatic carbocycles. The highest BCUT2D eigenvalue weighted by Crippen LogP contribution is 1.99. The molecule has 0 aromatic carbocycles. The Labute approximate surface area is 96.9 Å². The minimum Gasteiger partial charge on any atom is -0.379 e. The van der Waals surface area contributed by atoms with Crippen molar-refractivity contribution in [2.45, 2.75) is 19.4 Å². The molecule has 5 heteroatoms. The standard InChI is InChI=1S/C7H13NO2.C4H9NO/c1-2-6(9)7-5-8-3-4-10-7;1-3-6-4-2-5-1/h7-8H,2-5H2,1H3;5H,1-4H2. The molecule has 2 aliphatic rings. The Bertz CT molecular complexity index is 178. The van der Waals surface area contributed by atoms with E-state index in [1.54, 1.807) is 0 Å². The van der Waals surface area contributed by atoms with Gasteiger partial charge in [-0.3, -0.25) is 4.79 Å². The molecule has 1 atom stereocenters. The summed E-state index contributed by atoms with van der Waals surface area (Å²) in [6.45, 7) is 7.91. The maximum atomic E-state index is 11.0. The summed E-state index contributed by atoms with van der Waals surface area (Å²) in [5.41, 5.74) is 0. The number of nitrogens with one attached hydrogen (secondary N) is 2. The second-order valence-corrected chi connectivity index (χ2v) is 3.75. The highest BCUT2D eigenvalue weighted by molar-refractivity contribution is 5.83. The van der Waals surface area contributed by atoms with E-state index in [0.29, 0.717) is 19.6 Å². The van der Waals surface area contributed by atoms with Gasteiger partial charge in [0, 0.05) is 32.6 Å². The number of hydrogen-bond donors (Lipinski definition) is 2. The van der Waals surface area contributed by atoms with E-state index in [0.717, 1.165) is 32.8 Å². The van der Waals surface area contributed by atoms with Gasteiger partial charge in [0.25, 0.3) is 0 Å². The van der Waals surface area contributed by atoms with E-state index in [1.165, 1.54) is 0 Å². The van der Waals surface area contributed by atoms with Crippen molar-refractivity contribution in [1.82, 2.24) is 10.6 Å². The number of Topliss-reactive ketones (excluding diaryl/α,β-unsaturated/α-hetero) is 1. The lowest BCUT2D eigenvalue weighted by atomic mass is 10.1. The van der Waals surface area contributed by atoms with Gasteiger partial charge < -0.3 is 20.1 Å². The van der Waals surface area contributed by atoms with E-state index in [9.17, 15) is 4.79 Å². The van der Waals surface area contributed by atoms with Gasteiger partial charge in [-0.15, -0.1) is 0 Å². The zero-order valence-corrected chi connectivity index (χ0v) is 9.96. The van der Waals surface area contributed by atoms with Gasteiger partial charge in [0.05, 0.1) is 19.8 Å². The second kappa shape index (κ2) is 8.64. The number of ether oxygens (including phenoxy) is 2. The van der Waals surface area contributed by atoms with E-state index in [-0.39, 0.29) is 11.9 Å². The molecule has 2 aliphatic heterocycles. The molecule has 16 heavy (non-hydrogen) atoms. The summed E-state index contributed by atoms with van der Waals surface area (Å²) in [5, 5.41) is 6.26. The minimum atomic E-state index is -0.182. The third-order valence-corrected chi connectivity index (χ3v) is 2.48. The number of carbonyl (C=O) groups excluding carboxylic acids is 1. The van der Waals surface area contributed by atoms with Crippen molar-refractivity contribution in [3.63, 3.8) is 0 Å². The van der Waals surface area contributed by atoms with Gasteiger partial charge in [-0.25, -0.2) is 0 Å². The molecule has 0 aromatic rings. The van der Waals surface area contributed by atoms with Crippen LogP contribution in [-0.4, -0.2) is 57.9 Å². The highest BCUT2D eigenvalue weighted by Gasteiger charge is 2.19. The summed E-state index contributed by atoms with van der Waals surface area (Å²) in [4.78, 5) is 11.0. The van der Waals surface area contributed by atoms with Crippen LogP contribution in [0, 0.1) is 0 Å². The van der Waals surface area contributed by atoms with Crippen molar-refractivity contribution in [3.05, 3.63) is 0 Å². The summed E-state index contributed by atoms with van der Waals surface area (Å²) in [5.74, 6) is 0.201.